The molecule has 3 aliphatic rings. The van der Waals surface area contributed by atoms with Crippen LogP contribution in [0.25, 0.3) is 22.3 Å². The van der Waals surface area contributed by atoms with E-state index in [1.54, 1.807) is 24.3 Å². The quantitative estimate of drug-likeness (QED) is 0.107. The third-order valence-corrected chi connectivity index (χ3v) is 10.4. The van der Waals surface area contributed by atoms with Crippen LogP contribution in [-0.2, 0) is 25.4 Å². The highest BCUT2D eigenvalue weighted by Crippen LogP contribution is 2.39. The zero-order valence-electron chi connectivity index (χ0n) is 31.8. The first-order chi connectivity index (χ1) is 27.1. The van der Waals surface area contributed by atoms with Crippen LogP contribution >= 0.6 is 0 Å². The van der Waals surface area contributed by atoms with Gasteiger partial charge in [0, 0.05) is 11.1 Å². The van der Waals surface area contributed by atoms with E-state index in [0.29, 0.717) is 16.9 Å². The van der Waals surface area contributed by atoms with E-state index >= 15 is 0 Å². The van der Waals surface area contributed by atoms with Gasteiger partial charge >= 0.3 is 0 Å². The fraction of sp³-hybridized carbons (Fsp3) is 0.564. The van der Waals surface area contributed by atoms with E-state index in [2.05, 4.69) is 0 Å². The van der Waals surface area contributed by atoms with Crippen molar-refractivity contribution in [3.8, 4) is 28.6 Å². The summed E-state index contributed by atoms with van der Waals surface area (Å²) in [6, 6.07) is 9.20. The number of fused-ring (bicyclic) bond motifs is 1. The summed E-state index contributed by atoms with van der Waals surface area (Å²) in [5.74, 6) is 0.0119. The Morgan fingerprint density at radius 3 is 1.96 bits per heavy atom. The molecule has 9 N–H and O–H groups in total. The molecule has 0 bridgehead atoms. The van der Waals surface area contributed by atoms with E-state index < -0.39 is 110 Å². The molecule has 0 saturated carbocycles. The van der Waals surface area contributed by atoms with Crippen LogP contribution in [0.15, 0.2) is 57.3 Å². The number of aliphatic hydroxyl groups excluding tert-OH is 9. The first-order valence-electron chi connectivity index (χ1n) is 18.5. The summed E-state index contributed by atoms with van der Waals surface area (Å²) in [4.78, 5) is 14.7. The molecule has 6 rings (SSSR count). The van der Waals surface area contributed by atoms with Gasteiger partial charge in [-0.3, -0.25) is 4.79 Å². The Balaban J connectivity index is 1.47. The van der Waals surface area contributed by atoms with Gasteiger partial charge in [0.1, 0.15) is 72.0 Å². The summed E-state index contributed by atoms with van der Waals surface area (Å²) < 4.78 is 47.2. The summed E-state index contributed by atoms with van der Waals surface area (Å²) in [6.07, 6.45) is -21.1. The smallest absolute Gasteiger partial charge is 0.235 e. The van der Waals surface area contributed by atoms with Gasteiger partial charge in [0.2, 0.25) is 23.8 Å². The van der Waals surface area contributed by atoms with Gasteiger partial charge in [-0.25, -0.2) is 0 Å². The average Bonchev–Trinajstić information content (AvgIpc) is 3.19. The lowest BCUT2D eigenvalue weighted by molar-refractivity contribution is -0.352. The highest BCUT2D eigenvalue weighted by Gasteiger charge is 2.51. The Morgan fingerprint density at radius 1 is 0.719 bits per heavy atom. The predicted octanol–water partition coefficient (Wildman–Crippen LogP) is -0.786. The maximum Gasteiger partial charge on any atom is 0.235 e. The van der Waals surface area contributed by atoms with Gasteiger partial charge in [0.15, 0.2) is 18.2 Å². The van der Waals surface area contributed by atoms with Gasteiger partial charge in [-0.05, 0) is 70.5 Å². The Kier molecular flexibility index (Phi) is 13.3. The Morgan fingerprint density at radius 2 is 1.33 bits per heavy atom. The largest absolute Gasteiger partial charge is 0.497 e. The minimum absolute atomic E-state index is 0.0144. The lowest BCUT2D eigenvalue weighted by Gasteiger charge is -2.45. The number of methoxy groups -OCH3 is 1. The standard InChI is InChI=1S/C39H50O18/c1-15(2)6-11-20-22(53-38-32(49)29(46)27(44)23(14-40)54-38)13-12-21-26(43)35(33(55-34(20)21)18-7-9-19(50-5)10-8-18)56-39-36(30(47)25(42)17(4)52-39)57-37-31(48)28(45)24(41)16(3)51-37/h6-10,12-13,16-17,23-25,27-32,36-42,44-49H,11,14H2,1-5H3. The number of rotatable bonds is 11. The lowest BCUT2D eigenvalue weighted by Crippen LogP contribution is -2.63. The molecule has 3 saturated heterocycles. The second kappa shape index (κ2) is 17.6. The van der Waals surface area contributed by atoms with Crippen LogP contribution in [0.2, 0.25) is 0 Å². The maximum atomic E-state index is 14.7. The van der Waals surface area contributed by atoms with Crippen LogP contribution in [-0.4, -0.2) is 152 Å². The second-order valence-electron chi connectivity index (χ2n) is 14.6. The first kappa shape index (κ1) is 42.9. The van der Waals surface area contributed by atoms with Gasteiger partial charge in [-0.15, -0.1) is 0 Å². The van der Waals surface area contributed by atoms with Crippen molar-refractivity contribution in [2.24, 2.45) is 0 Å². The molecular weight excluding hydrogens is 756 g/mol. The summed E-state index contributed by atoms with van der Waals surface area (Å²) in [6.45, 7) is 5.91. The van der Waals surface area contributed by atoms with Crippen LogP contribution in [0.4, 0.5) is 0 Å². The van der Waals surface area contributed by atoms with E-state index in [-0.39, 0.29) is 28.9 Å². The molecule has 0 amide bonds. The van der Waals surface area contributed by atoms with Crippen molar-refractivity contribution in [2.75, 3.05) is 13.7 Å². The van der Waals surface area contributed by atoms with Crippen molar-refractivity contribution < 1.29 is 83.5 Å². The monoisotopic (exact) mass is 806 g/mol. The molecular formula is C39H50O18. The van der Waals surface area contributed by atoms with E-state index in [1.165, 1.54) is 33.1 Å². The summed E-state index contributed by atoms with van der Waals surface area (Å²) >= 11 is 0. The Hall–Kier alpha value is -3.73. The number of hydrogen-bond acceptors (Lipinski definition) is 18. The normalized spacial score (nSPS) is 35.8. The van der Waals surface area contributed by atoms with Gasteiger partial charge in [-0.1, -0.05) is 11.6 Å². The average molecular weight is 807 g/mol. The predicted molar refractivity (Wildman–Crippen MR) is 196 cm³/mol. The Labute approximate surface area is 326 Å². The SMILES string of the molecule is COc1ccc(-c2oc3c(CC=C(C)C)c(OC4OC(CO)C(O)C(O)C4O)ccc3c(=O)c2OC2OC(C)C(O)C(O)C2OC2OC(C)C(O)C(O)C2O)cc1. The molecule has 18 nitrogen and oxygen atoms in total. The second-order valence-corrected chi connectivity index (χ2v) is 14.6. The van der Waals surface area contributed by atoms with Crippen LogP contribution in [0.5, 0.6) is 17.2 Å². The van der Waals surface area contributed by atoms with Crippen molar-refractivity contribution in [1.29, 1.82) is 0 Å². The van der Waals surface area contributed by atoms with Gasteiger partial charge in [0.25, 0.3) is 0 Å². The molecule has 3 fully saturated rings. The van der Waals surface area contributed by atoms with E-state index in [0.717, 1.165) is 5.57 Å². The number of benzene rings is 2. The molecule has 15 unspecified atom stereocenters. The molecule has 0 radical (unpaired) electrons. The summed E-state index contributed by atoms with van der Waals surface area (Å²) in [5, 5.41) is 94.5. The number of allylic oxidation sites excluding steroid dienone is 2. The highest BCUT2D eigenvalue weighted by molar-refractivity contribution is 5.86. The van der Waals surface area contributed by atoms with Crippen LogP contribution in [0.3, 0.4) is 0 Å². The summed E-state index contributed by atoms with van der Waals surface area (Å²) in [7, 11) is 1.47. The van der Waals surface area contributed by atoms with Crippen molar-refractivity contribution in [2.45, 2.75) is 126 Å². The fourth-order valence-corrected chi connectivity index (χ4v) is 6.86. The van der Waals surface area contributed by atoms with Crippen molar-refractivity contribution in [3.63, 3.8) is 0 Å². The topological polar surface area (TPSA) is 277 Å². The molecule has 314 valence electrons. The van der Waals surface area contributed by atoms with Gasteiger partial charge in [0.05, 0.1) is 31.3 Å². The molecule has 57 heavy (non-hydrogen) atoms. The van der Waals surface area contributed by atoms with Crippen LogP contribution in [0, 0.1) is 0 Å². The molecule has 4 heterocycles. The molecule has 18 heteroatoms. The molecule has 15 atom stereocenters. The number of ether oxygens (including phenoxy) is 7. The molecule has 1 aromatic heterocycles. The third-order valence-electron chi connectivity index (χ3n) is 10.4. The Bertz CT molecular complexity index is 1930. The minimum atomic E-state index is -1.79. The van der Waals surface area contributed by atoms with Crippen molar-refractivity contribution in [1.82, 2.24) is 0 Å². The van der Waals surface area contributed by atoms with Gasteiger partial charge < -0.3 is 83.5 Å². The van der Waals surface area contributed by atoms with Gasteiger partial charge in [-0.2, -0.15) is 0 Å². The molecule has 0 spiro atoms. The van der Waals surface area contributed by atoms with E-state index in [1.807, 2.05) is 19.9 Å². The van der Waals surface area contributed by atoms with E-state index in [9.17, 15) is 50.8 Å². The zero-order valence-corrected chi connectivity index (χ0v) is 31.8. The molecule has 2 aromatic carbocycles. The maximum absolute atomic E-state index is 14.7. The number of hydrogen-bond donors (Lipinski definition) is 9. The van der Waals surface area contributed by atoms with Crippen molar-refractivity contribution in [3.05, 3.63) is 63.8 Å². The van der Waals surface area contributed by atoms with Crippen LogP contribution < -0.4 is 19.6 Å². The van der Waals surface area contributed by atoms with E-state index in [4.69, 9.17) is 37.6 Å². The third kappa shape index (κ3) is 8.55. The lowest BCUT2D eigenvalue weighted by atomic mass is 9.98. The van der Waals surface area contributed by atoms with Crippen molar-refractivity contribution >= 4 is 11.0 Å². The minimum Gasteiger partial charge on any atom is -0.497 e. The summed E-state index contributed by atoms with van der Waals surface area (Å²) in [5.41, 5.74) is 0.819. The number of aliphatic hydroxyl groups is 9. The fourth-order valence-electron chi connectivity index (χ4n) is 6.86. The molecule has 3 aliphatic heterocycles. The highest BCUT2D eigenvalue weighted by atomic mass is 16.8. The zero-order chi connectivity index (χ0) is 41.5. The van der Waals surface area contributed by atoms with Crippen LogP contribution in [0.1, 0.15) is 33.3 Å². The molecule has 3 aromatic rings. The molecule has 0 aliphatic carbocycles. The first-order valence-corrected chi connectivity index (χ1v) is 18.5.